The van der Waals surface area contributed by atoms with Gasteiger partial charge in [-0.3, -0.25) is 5.32 Å². The molecule has 0 aliphatic heterocycles. The van der Waals surface area contributed by atoms with Gasteiger partial charge in [-0.1, -0.05) is 6.92 Å². The molecule has 4 heterocycles. The minimum atomic E-state index is 0.351. The van der Waals surface area contributed by atoms with Crippen molar-refractivity contribution < 1.29 is 4.74 Å². The molecule has 0 saturated heterocycles. The SMILES string of the molecule is CCc1nc2nnc(-c3ccnc(Nc4nc(C)c5cc(OC)ccc5n4)n3)c(C)n2n1. The van der Waals surface area contributed by atoms with E-state index in [2.05, 4.69) is 45.5 Å². The van der Waals surface area contributed by atoms with Crippen molar-refractivity contribution in [3.8, 4) is 17.1 Å². The Kier molecular flexibility index (Phi) is 4.77. The van der Waals surface area contributed by atoms with E-state index in [1.54, 1.807) is 23.9 Å². The third-order valence-electron chi connectivity index (χ3n) is 5.07. The Hall–Kier alpha value is -4.28. The van der Waals surface area contributed by atoms with Gasteiger partial charge in [-0.2, -0.15) is 9.50 Å². The van der Waals surface area contributed by atoms with E-state index in [0.717, 1.165) is 34.5 Å². The first-order chi connectivity index (χ1) is 15.6. The summed E-state index contributed by atoms with van der Waals surface area (Å²) < 4.78 is 6.97. The Labute approximate surface area is 183 Å². The number of fused-ring (bicyclic) bond motifs is 2. The highest BCUT2D eigenvalue weighted by molar-refractivity contribution is 5.83. The van der Waals surface area contributed by atoms with E-state index >= 15 is 0 Å². The van der Waals surface area contributed by atoms with Gasteiger partial charge in [-0.05, 0) is 38.1 Å². The lowest BCUT2D eigenvalue weighted by molar-refractivity contribution is 0.415. The number of anilines is 2. The van der Waals surface area contributed by atoms with Crippen molar-refractivity contribution in [1.82, 2.24) is 44.7 Å². The van der Waals surface area contributed by atoms with E-state index in [1.807, 2.05) is 39.0 Å². The third kappa shape index (κ3) is 3.43. The molecular formula is C21H20N10O. The van der Waals surface area contributed by atoms with Crippen LogP contribution in [0.25, 0.3) is 28.1 Å². The van der Waals surface area contributed by atoms with Crippen LogP contribution in [0.1, 0.15) is 24.1 Å². The minimum Gasteiger partial charge on any atom is -0.497 e. The van der Waals surface area contributed by atoms with Gasteiger partial charge >= 0.3 is 0 Å². The molecule has 0 radical (unpaired) electrons. The van der Waals surface area contributed by atoms with E-state index in [-0.39, 0.29) is 0 Å². The van der Waals surface area contributed by atoms with Crippen LogP contribution in [-0.2, 0) is 6.42 Å². The Bertz CT molecular complexity index is 1460. The van der Waals surface area contributed by atoms with Crippen LogP contribution in [0, 0.1) is 13.8 Å². The summed E-state index contributed by atoms with van der Waals surface area (Å²) in [5, 5.41) is 17.0. The molecule has 1 aromatic carbocycles. The van der Waals surface area contributed by atoms with Crippen molar-refractivity contribution in [1.29, 1.82) is 0 Å². The molecule has 0 fully saturated rings. The van der Waals surface area contributed by atoms with Crippen LogP contribution in [0.15, 0.2) is 30.5 Å². The maximum absolute atomic E-state index is 5.29. The first-order valence-corrected chi connectivity index (χ1v) is 10.1. The lowest BCUT2D eigenvalue weighted by Crippen LogP contribution is -2.06. The molecule has 160 valence electrons. The predicted octanol–water partition coefficient (Wildman–Crippen LogP) is 2.85. The Balaban J connectivity index is 1.50. The number of benzene rings is 1. The Morgan fingerprint density at radius 1 is 1.00 bits per heavy atom. The summed E-state index contributed by atoms with van der Waals surface area (Å²) in [5.41, 5.74) is 3.60. The van der Waals surface area contributed by atoms with Crippen LogP contribution in [0.5, 0.6) is 5.75 Å². The zero-order valence-corrected chi connectivity index (χ0v) is 18.0. The van der Waals surface area contributed by atoms with Gasteiger partial charge in [0.2, 0.25) is 11.9 Å². The smallest absolute Gasteiger partial charge is 0.272 e. The highest BCUT2D eigenvalue weighted by Gasteiger charge is 2.15. The van der Waals surface area contributed by atoms with Crippen LogP contribution >= 0.6 is 0 Å². The molecule has 5 rings (SSSR count). The predicted molar refractivity (Wildman–Crippen MR) is 118 cm³/mol. The van der Waals surface area contributed by atoms with Crippen molar-refractivity contribution in [2.45, 2.75) is 27.2 Å². The molecule has 0 aliphatic carbocycles. The second-order valence-corrected chi connectivity index (χ2v) is 7.13. The molecule has 11 nitrogen and oxygen atoms in total. The van der Waals surface area contributed by atoms with Crippen molar-refractivity contribution in [3.63, 3.8) is 0 Å². The number of methoxy groups -OCH3 is 1. The normalized spacial score (nSPS) is 11.2. The van der Waals surface area contributed by atoms with E-state index in [1.165, 1.54) is 0 Å². The van der Waals surface area contributed by atoms with Gasteiger partial charge in [-0.25, -0.2) is 19.9 Å². The standard InChI is InChI=1S/C21H20N10O/c1-5-17-26-21-29-28-18(12(3)31(21)30-17)16-8-9-22-19(25-16)27-20-23-11(2)14-10-13(32-4)6-7-15(14)24-20/h6-10H,5H2,1-4H3,(H,22,23,24,25,27). The molecule has 11 heteroatoms. The van der Waals surface area contributed by atoms with Gasteiger partial charge in [0.15, 0.2) is 5.82 Å². The summed E-state index contributed by atoms with van der Waals surface area (Å²) in [4.78, 5) is 22.3. The first kappa shape index (κ1) is 19.7. The van der Waals surface area contributed by atoms with E-state index in [9.17, 15) is 0 Å². The maximum Gasteiger partial charge on any atom is 0.272 e. The average molecular weight is 428 g/mol. The Morgan fingerprint density at radius 3 is 2.69 bits per heavy atom. The van der Waals surface area contributed by atoms with Crippen LogP contribution in [-0.4, -0.2) is 51.8 Å². The highest BCUT2D eigenvalue weighted by Crippen LogP contribution is 2.24. The summed E-state index contributed by atoms with van der Waals surface area (Å²) in [6, 6.07) is 7.44. The lowest BCUT2D eigenvalue weighted by Gasteiger charge is -2.09. The topological polar surface area (TPSA) is 129 Å². The first-order valence-electron chi connectivity index (χ1n) is 10.1. The number of ether oxygens (including phenoxy) is 1. The largest absolute Gasteiger partial charge is 0.497 e. The summed E-state index contributed by atoms with van der Waals surface area (Å²) >= 11 is 0. The highest BCUT2D eigenvalue weighted by atomic mass is 16.5. The van der Waals surface area contributed by atoms with Crippen LogP contribution in [0.3, 0.4) is 0 Å². The van der Waals surface area contributed by atoms with Gasteiger partial charge in [-0.15, -0.1) is 15.3 Å². The third-order valence-corrected chi connectivity index (χ3v) is 5.07. The molecule has 0 atom stereocenters. The van der Waals surface area contributed by atoms with Crippen LogP contribution in [0.2, 0.25) is 0 Å². The van der Waals surface area contributed by atoms with Gasteiger partial charge in [0, 0.05) is 18.0 Å². The fourth-order valence-corrected chi connectivity index (χ4v) is 3.38. The minimum absolute atomic E-state index is 0.351. The Morgan fingerprint density at radius 2 is 1.88 bits per heavy atom. The second-order valence-electron chi connectivity index (χ2n) is 7.13. The van der Waals surface area contributed by atoms with Crippen LogP contribution < -0.4 is 10.1 Å². The molecule has 4 aromatic heterocycles. The van der Waals surface area contributed by atoms with Gasteiger partial charge < -0.3 is 4.74 Å². The van der Waals surface area contributed by atoms with E-state index in [0.29, 0.717) is 34.9 Å². The molecule has 0 unspecified atom stereocenters. The zero-order valence-electron chi connectivity index (χ0n) is 18.0. The number of aromatic nitrogens is 9. The number of hydrogen-bond acceptors (Lipinski definition) is 10. The summed E-state index contributed by atoms with van der Waals surface area (Å²) in [6.45, 7) is 5.82. The molecule has 32 heavy (non-hydrogen) atoms. The fraction of sp³-hybridized carbons (Fsp3) is 0.238. The molecule has 0 aliphatic rings. The average Bonchev–Trinajstić information content (AvgIpc) is 3.24. The molecule has 0 amide bonds. The summed E-state index contributed by atoms with van der Waals surface area (Å²) in [5.74, 6) is 2.69. The van der Waals surface area contributed by atoms with E-state index in [4.69, 9.17) is 4.74 Å². The second kappa shape index (κ2) is 7.76. The molecule has 0 spiro atoms. The number of rotatable bonds is 5. The summed E-state index contributed by atoms with van der Waals surface area (Å²) in [6.07, 6.45) is 2.37. The van der Waals surface area contributed by atoms with Crippen molar-refractivity contribution in [2.24, 2.45) is 0 Å². The van der Waals surface area contributed by atoms with Gasteiger partial charge in [0.05, 0.1) is 29.7 Å². The maximum atomic E-state index is 5.29. The lowest BCUT2D eigenvalue weighted by atomic mass is 10.2. The fourth-order valence-electron chi connectivity index (χ4n) is 3.38. The summed E-state index contributed by atoms with van der Waals surface area (Å²) in [7, 11) is 1.63. The van der Waals surface area contributed by atoms with E-state index < -0.39 is 0 Å². The molecular weight excluding hydrogens is 408 g/mol. The number of nitrogens with zero attached hydrogens (tertiary/aromatic N) is 9. The van der Waals surface area contributed by atoms with Crippen molar-refractivity contribution in [3.05, 3.63) is 47.7 Å². The zero-order chi connectivity index (χ0) is 22.2. The van der Waals surface area contributed by atoms with Gasteiger partial charge in [0.25, 0.3) is 5.78 Å². The number of hydrogen-bond donors (Lipinski definition) is 1. The molecule has 0 bridgehead atoms. The van der Waals surface area contributed by atoms with Crippen molar-refractivity contribution >= 4 is 28.6 Å². The monoisotopic (exact) mass is 428 g/mol. The van der Waals surface area contributed by atoms with Gasteiger partial charge in [0.1, 0.15) is 11.4 Å². The van der Waals surface area contributed by atoms with Crippen LogP contribution in [0.4, 0.5) is 11.9 Å². The molecule has 1 N–H and O–H groups in total. The number of aryl methyl sites for hydroxylation is 3. The quantitative estimate of drug-likeness (QED) is 0.446. The molecule has 5 aromatic rings. The number of nitrogens with one attached hydrogen (secondary N) is 1. The molecule has 0 saturated carbocycles. The van der Waals surface area contributed by atoms with Crippen molar-refractivity contribution in [2.75, 3.05) is 12.4 Å².